The Labute approximate surface area is 252 Å². The summed E-state index contributed by atoms with van der Waals surface area (Å²) in [5, 5.41) is 3.73. The van der Waals surface area contributed by atoms with Crippen LogP contribution in [0.3, 0.4) is 0 Å². The predicted molar refractivity (Wildman–Crippen MR) is 164 cm³/mol. The Morgan fingerprint density at radius 1 is 0.927 bits per heavy atom. The number of carbonyl (C=O) groups excluding carboxylic acids is 2. The van der Waals surface area contributed by atoms with E-state index in [-0.39, 0.29) is 34.1 Å². The molecule has 0 spiro atoms. The molecule has 0 saturated heterocycles. The first-order valence-corrected chi connectivity index (χ1v) is 16.0. The largest absolute Gasteiger partial charge is 0.352 e. The molecule has 218 valence electrons. The van der Waals surface area contributed by atoms with Crippen molar-refractivity contribution < 1.29 is 18.0 Å². The highest BCUT2D eigenvalue weighted by Crippen LogP contribution is 2.31. The maximum Gasteiger partial charge on any atom is 0.264 e. The molecule has 41 heavy (non-hydrogen) atoms. The molecular weight excluding hydrogens is 581 g/mol. The molecule has 0 heterocycles. The molecule has 0 aromatic heterocycles. The van der Waals surface area contributed by atoms with Crippen molar-refractivity contribution in [2.45, 2.75) is 69.5 Å². The van der Waals surface area contributed by atoms with Gasteiger partial charge in [-0.15, -0.1) is 0 Å². The molecule has 3 aromatic carbocycles. The van der Waals surface area contributed by atoms with Gasteiger partial charge in [-0.3, -0.25) is 13.9 Å². The third-order valence-electron chi connectivity index (χ3n) is 7.39. The number of hydrogen-bond donors (Lipinski definition) is 1. The van der Waals surface area contributed by atoms with Gasteiger partial charge in [0, 0.05) is 17.6 Å². The van der Waals surface area contributed by atoms with Crippen LogP contribution in [0.2, 0.25) is 10.0 Å². The molecule has 7 nitrogen and oxygen atoms in total. The molecule has 1 aliphatic rings. The van der Waals surface area contributed by atoms with Crippen LogP contribution < -0.4 is 9.62 Å². The van der Waals surface area contributed by atoms with E-state index < -0.39 is 28.5 Å². The number of sulfonamides is 1. The van der Waals surface area contributed by atoms with Gasteiger partial charge in [-0.05, 0) is 62.1 Å². The number of nitrogens with one attached hydrogen (secondary N) is 1. The fourth-order valence-electron chi connectivity index (χ4n) is 5.10. The van der Waals surface area contributed by atoms with Gasteiger partial charge in [0.2, 0.25) is 11.8 Å². The first-order chi connectivity index (χ1) is 19.6. The summed E-state index contributed by atoms with van der Waals surface area (Å²) >= 11 is 12.9. The summed E-state index contributed by atoms with van der Waals surface area (Å²) in [6.45, 7) is 3.17. The molecule has 0 aliphatic heterocycles. The van der Waals surface area contributed by atoms with Crippen LogP contribution in [0.1, 0.15) is 50.2 Å². The van der Waals surface area contributed by atoms with Crippen molar-refractivity contribution in [3.63, 3.8) is 0 Å². The Hall–Kier alpha value is -3.07. The van der Waals surface area contributed by atoms with E-state index in [0.717, 1.165) is 35.6 Å². The number of nitrogens with zero attached hydrogens (tertiary/aromatic N) is 2. The number of aryl methyl sites for hydroxylation is 1. The Bertz CT molecular complexity index is 1470. The second kappa shape index (κ2) is 13.7. The Morgan fingerprint density at radius 3 is 2.15 bits per heavy atom. The van der Waals surface area contributed by atoms with Crippen molar-refractivity contribution in [2.75, 3.05) is 10.8 Å². The van der Waals surface area contributed by atoms with Crippen LogP contribution in [0, 0.1) is 6.92 Å². The SMILES string of the molecule is CC[C@@H](C(=O)NC1CCCC1)N(Cc1ccccc1Cl)C(=O)CN(c1ccccc1Cl)S(=O)(=O)c1ccc(C)cc1. The third kappa shape index (κ3) is 7.42. The van der Waals surface area contributed by atoms with Crippen LogP contribution in [0.15, 0.2) is 77.7 Å². The molecular formula is C31H35Cl2N3O4S. The third-order valence-corrected chi connectivity index (χ3v) is 9.86. The van der Waals surface area contributed by atoms with Gasteiger partial charge in [-0.1, -0.05) is 91.0 Å². The van der Waals surface area contributed by atoms with Crippen LogP contribution in [0.4, 0.5) is 5.69 Å². The lowest BCUT2D eigenvalue weighted by Gasteiger charge is -2.34. The van der Waals surface area contributed by atoms with Gasteiger partial charge in [-0.25, -0.2) is 8.42 Å². The predicted octanol–water partition coefficient (Wildman–Crippen LogP) is 6.36. The zero-order chi connectivity index (χ0) is 29.6. The molecule has 3 aromatic rings. The number of carbonyl (C=O) groups is 2. The number of hydrogen-bond acceptors (Lipinski definition) is 4. The minimum absolute atomic E-state index is 0.0273. The average Bonchev–Trinajstić information content (AvgIpc) is 3.46. The molecule has 0 unspecified atom stereocenters. The number of benzene rings is 3. The zero-order valence-electron chi connectivity index (χ0n) is 23.2. The van der Waals surface area contributed by atoms with E-state index in [1.807, 2.05) is 13.8 Å². The summed E-state index contributed by atoms with van der Waals surface area (Å²) in [6.07, 6.45) is 4.23. The molecule has 1 atom stereocenters. The maximum atomic E-state index is 14.2. The zero-order valence-corrected chi connectivity index (χ0v) is 25.6. The normalized spacial score (nSPS) is 14.4. The topological polar surface area (TPSA) is 86.8 Å². The van der Waals surface area contributed by atoms with Gasteiger partial charge in [-0.2, -0.15) is 0 Å². The second-order valence-electron chi connectivity index (χ2n) is 10.3. The maximum absolute atomic E-state index is 14.2. The number of anilines is 1. The lowest BCUT2D eigenvalue weighted by molar-refractivity contribution is -0.140. The highest BCUT2D eigenvalue weighted by molar-refractivity contribution is 7.92. The summed E-state index contributed by atoms with van der Waals surface area (Å²) in [4.78, 5) is 29.2. The van der Waals surface area contributed by atoms with Crippen molar-refractivity contribution in [1.82, 2.24) is 10.2 Å². The molecule has 4 rings (SSSR count). The highest BCUT2D eigenvalue weighted by atomic mass is 35.5. The number of para-hydroxylation sites is 1. The van der Waals surface area contributed by atoms with Crippen molar-refractivity contribution in [3.8, 4) is 0 Å². The Kier molecular flexibility index (Phi) is 10.3. The minimum Gasteiger partial charge on any atom is -0.352 e. The van der Waals surface area contributed by atoms with Crippen LogP contribution in [0.5, 0.6) is 0 Å². The van der Waals surface area contributed by atoms with E-state index in [1.165, 1.54) is 17.0 Å². The van der Waals surface area contributed by atoms with Gasteiger partial charge < -0.3 is 10.2 Å². The molecule has 1 aliphatic carbocycles. The Morgan fingerprint density at radius 2 is 1.54 bits per heavy atom. The van der Waals surface area contributed by atoms with E-state index >= 15 is 0 Å². The molecule has 1 fully saturated rings. The number of amides is 2. The van der Waals surface area contributed by atoms with Crippen LogP contribution in [0.25, 0.3) is 0 Å². The van der Waals surface area contributed by atoms with Gasteiger partial charge in [0.15, 0.2) is 0 Å². The summed E-state index contributed by atoms with van der Waals surface area (Å²) < 4.78 is 29.0. The van der Waals surface area contributed by atoms with Crippen molar-refractivity contribution in [3.05, 3.63) is 94.0 Å². The molecule has 1 saturated carbocycles. The summed E-state index contributed by atoms with van der Waals surface area (Å²) in [5.74, 6) is -0.806. The minimum atomic E-state index is -4.20. The average molecular weight is 617 g/mol. The number of rotatable bonds is 11. The van der Waals surface area contributed by atoms with E-state index in [0.29, 0.717) is 17.0 Å². The van der Waals surface area contributed by atoms with E-state index in [4.69, 9.17) is 23.2 Å². The summed E-state index contributed by atoms with van der Waals surface area (Å²) in [6, 6.07) is 19.2. The summed E-state index contributed by atoms with van der Waals surface area (Å²) in [5.41, 5.74) is 1.72. The van der Waals surface area contributed by atoms with Crippen molar-refractivity contribution in [2.24, 2.45) is 0 Å². The first-order valence-electron chi connectivity index (χ1n) is 13.8. The molecule has 0 bridgehead atoms. The van der Waals surface area contributed by atoms with Crippen molar-refractivity contribution in [1.29, 1.82) is 0 Å². The number of halogens is 2. The van der Waals surface area contributed by atoms with Gasteiger partial charge in [0.25, 0.3) is 10.0 Å². The molecule has 1 N–H and O–H groups in total. The van der Waals surface area contributed by atoms with E-state index in [2.05, 4.69) is 5.32 Å². The smallest absolute Gasteiger partial charge is 0.264 e. The monoisotopic (exact) mass is 615 g/mol. The van der Waals surface area contributed by atoms with Crippen LogP contribution >= 0.6 is 23.2 Å². The van der Waals surface area contributed by atoms with Gasteiger partial charge in [0.1, 0.15) is 12.6 Å². The standard InChI is InChI=1S/C31H35Cl2N3O4S/c1-3-28(31(38)34-24-11-5-6-12-24)35(20-23-10-4-7-13-26(23)32)30(37)21-36(29-15-9-8-14-27(29)33)41(39,40)25-18-16-22(2)17-19-25/h4,7-10,13-19,24,28H,3,5-6,11-12,20-21H2,1-2H3,(H,34,38)/t28-/m0/s1. The van der Waals surface area contributed by atoms with Crippen molar-refractivity contribution >= 4 is 50.7 Å². The lowest BCUT2D eigenvalue weighted by atomic mass is 10.1. The molecule has 10 heteroatoms. The lowest BCUT2D eigenvalue weighted by Crippen LogP contribution is -2.53. The fraction of sp³-hybridized carbons (Fsp3) is 0.355. The quantitative estimate of drug-likeness (QED) is 0.272. The molecule has 0 radical (unpaired) electrons. The van der Waals surface area contributed by atoms with Gasteiger partial charge in [0.05, 0.1) is 15.6 Å². The Balaban J connectivity index is 1.73. The van der Waals surface area contributed by atoms with Gasteiger partial charge >= 0.3 is 0 Å². The molecule has 2 amide bonds. The fourth-order valence-corrected chi connectivity index (χ4v) is 7.02. The van der Waals surface area contributed by atoms with Crippen LogP contribution in [-0.4, -0.2) is 43.8 Å². The second-order valence-corrected chi connectivity index (χ2v) is 13.0. The van der Waals surface area contributed by atoms with E-state index in [9.17, 15) is 18.0 Å². The highest BCUT2D eigenvalue weighted by Gasteiger charge is 2.35. The summed E-state index contributed by atoms with van der Waals surface area (Å²) in [7, 11) is -4.20. The van der Waals surface area contributed by atoms with Crippen LogP contribution in [-0.2, 0) is 26.2 Å². The first kappa shape index (κ1) is 30.9. The van der Waals surface area contributed by atoms with E-state index in [1.54, 1.807) is 60.7 Å².